The number of benzene rings is 1. The number of rotatable bonds is 4. The molecule has 1 amide bonds. The Bertz CT molecular complexity index is 401. The van der Waals surface area contributed by atoms with E-state index in [1.54, 1.807) is 38.1 Å². The summed E-state index contributed by atoms with van der Waals surface area (Å²) in [5.41, 5.74) is 4.83. The van der Waals surface area contributed by atoms with Gasteiger partial charge in [0.25, 0.3) is 0 Å². The second-order valence-corrected chi connectivity index (χ2v) is 4.35. The van der Waals surface area contributed by atoms with Gasteiger partial charge in [0.15, 0.2) is 0 Å². The lowest BCUT2D eigenvalue weighted by Gasteiger charge is -2.22. The number of ether oxygens (including phenoxy) is 1. The second-order valence-electron chi connectivity index (χ2n) is 4.35. The summed E-state index contributed by atoms with van der Waals surface area (Å²) in [6.45, 7) is 3.81. The van der Waals surface area contributed by atoms with E-state index in [0.717, 1.165) is 0 Å². The first-order valence-corrected chi connectivity index (χ1v) is 5.27. The van der Waals surface area contributed by atoms with Crippen LogP contribution in [0.3, 0.4) is 0 Å². The van der Waals surface area contributed by atoms with Crippen molar-refractivity contribution in [2.75, 3.05) is 6.54 Å². The fraction of sp³-hybridized carbons (Fsp3) is 0.333. The average molecular weight is 235 g/mol. The molecule has 0 saturated heterocycles. The minimum Gasteiger partial charge on any atom is -0.410 e. The van der Waals surface area contributed by atoms with Crippen molar-refractivity contribution in [2.24, 2.45) is 11.1 Å². The van der Waals surface area contributed by atoms with Crippen molar-refractivity contribution in [3.8, 4) is 5.75 Å². The topological polar surface area (TPSA) is 88.2 Å². The summed E-state index contributed by atoms with van der Waals surface area (Å²) in [5, 5.41) is 9.92. The highest BCUT2D eigenvalue weighted by atomic mass is 16.6. The van der Waals surface area contributed by atoms with Crippen LogP contribution in [0.25, 0.3) is 0 Å². The number of para-hydroxylation sites is 1. The number of carbonyl (C=O) groups excluding carboxylic acids is 1. The van der Waals surface area contributed by atoms with Gasteiger partial charge in [0.2, 0.25) is 0 Å². The Kier molecular flexibility index (Phi) is 4.09. The number of amidine groups is 1. The summed E-state index contributed by atoms with van der Waals surface area (Å²) >= 11 is 0. The second kappa shape index (κ2) is 5.34. The highest BCUT2D eigenvalue weighted by Crippen LogP contribution is 2.13. The van der Waals surface area contributed by atoms with E-state index in [4.69, 9.17) is 15.9 Å². The average Bonchev–Trinajstić information content (AvgIpc) is 2.28. The molecule has 0 bridgehead atoms. The standard InChI is InChI=1S/C12H17N3O2/c1-12(2,10(13)14)8-15-11(16)17-9-6-4-3-5-7-9/h3-7H,8H2,1-2H3,(H3,13,14)(H,15,16). The van der Waals surface area contributed by atoms with Crippen LogP contribution < -0.4 is 15.8 Å². The molecule has 92 valence electrons. The number of hydrogen-bond donors (Lipinski definition) is 3. The molecule has 0 saturated carbocycles. The molecule has 0 aromatic heterocycles. The molecular weight excluding hydrogens is 218 g/mol. The summed E-state index contributed by atoms with van der Waals surface area (Å²) < 4.78 is 5.03. The van der Waals surface area contributed by atoms with Gasteiger partial charge in [-0.2, -0.15) is 0 Å². The van der Waals surface area contributed by atoms with Crippen molar-refractivity contribution in [3.05, 3.63) is 30.3 Å². The lowest BCUT2D eigenvalue weighted by Crippen LogP contribution is -2.42. The maximum absolute atomic E-state index is 11.4. The Balaban J connectivity index is 2.44. The van der Waals surface area contributed by atoms with E-state index >= 15 is 0 Å². The van der Waals surface area contributed by atoms with E-state index in [1.165, 1.54) is 0 Å². The van der Waals surface area contributed by atoms with Crippen LogP contribution in [-0.4, -0.2) is 18.5 Å². The first-order chi connectivity index (χ1) is 7.92. The van der Waals surface area contributed by atoms with Crippen LogP contribution in [0.2, 0.25) is 0 Å². The lowest BCUT2D eigenvalue weighted by molar-refractivity contribution is 0.197. The van der Waals surface area contributed by atoms with Crippen LogP contribution in [-0.2, 0) is 0 Å². The van der Waals surface area contributed by atoms with Gasteiger partial charge in [-0.25, -0.2) is 4.79 Å². The van der Waals surface area contributed by atoms with Crippen molar-refractivity contribution >= 4 is 11.9 Å². The quantitative estimate of drug-likeness (QED) is 0.548. The molecule has 1 aromatic carbocycles. The molecule has 0 unspecified atom stereocenters. The fourth-order valence-corrected chi connectivity index (χ4v) is 1.02. The molecule has 0 spiro atoms. The molecule has 1 aromatic rings. The SMILES string of the molecule is CC(C)(CNC(=O)Oc1ccccc1)C(=N)N. The van der Waals surface area contributed by atoms with Crippen molar-refractivity contribution in [2.45, 2.75) is 13.8 Å². The predicted octanol–water partition coefficient (Wildman–Crippen LogP) is 1.74. The van der Waals surface area contributed by atoms with Crippen molar-refractivity contribution in [1.82, 2.24) is 5.32 Å². The molecule has 0 aliphatic heterocycles. The zero-order valence-corrected chi connectivity index (χ0v) is 9.99. The van der Waals surface area contributed by atoms with Crippen LogP contribution in [0.5, 0.6) is 5.75 Å². The third kappa shape index (κ3) is 4.14. The van der Waals surface area contributed by atoms with Gasteiger partial charge in [-0.3, -0.25) is 5.41 Å². The van der Waals surface area contributed by atoms with Crippen molar-refractivity contribution in [3.63, 3.8) is 0 Å². The van der Waals surface area contributed by atoms with Gasteiger partial charge in [-0.05, 0) is 12.1 Å². The van der Waals surface area contributed by atoms with E-state index in [0.29, 0.717) is 5.75 Å². The van der Waals surface area contributed by atoms with Crippen LogP contribution in [0.4, 0.5) is 4.79 Å². The molecule has 0 radical (unpaired) electrons. The molecular formula is C12H17N3O2. The Hall–Kier alpha value is -2.04. The summed E-state index contributed by atoms with van der Waals surface area (Å²) in [6, 6.07) is 8.78. The third-order valence-corrected chi connectivity index (χ3v) is 2.36. The number of nitrogens with one attached hydrogen (secondary N) is 2. The molecule has 5 heteroatoms. The number of hydrogen-bond acceptors (Lipinski definition) is 3. The molecule has 0 heterocycles. The van der Waals surface area contributed by atoms with Crippen LogP contribution in [0.1, 0.15) is 13.8 Å². The molecule has 5 nitrogen and oxygen atoms in total. The number of nitrogens with two attached hydrogens (primary N) is 1. The van der Waals surface area contributed by atoms with E-state index in [9.17, 15) is 4.79 Å². The highest BCUT2D eigenvalue weighted by molar-refractivity contribution is 5.83. The zero-order valence-electron chi connectivity index (χ0n) is 9.99. The van der Waals surface area contributed by atoms with Gasteiger partial charge in [-0.15, -0.1) is 0 Å². The normalized spacial score (nSPS) is 10.7. The Labute approximate surface area is 100 Å². The zero-order chi connectivity index (χ0) is 12.9. The minimum atomic E-state index is -0.574. The summed E-state index contributed by atoms with van der Waals surface area (Å²) in [6.07, 6.45) is -0.550. The monoisotopic (exact) mass is 235 g/mol. The fourth-order valence-electron chi connectivity index (χ4n) is 1.02. The largest absolute Gasteiger partial charge is 0.412 e. The minimum absolute atomic E-state index is 0.0255. The third-order valence-electron chi connectivity index (χ3n) is 2.36. The highest BCUT2D eigenvalue weighted by Gasteiger charge is 2.22. The first kappa shape index (κ1) is 13.0. The van der Waals surface area contributed by atoms with Gasteiger partial charge in [0, 0.05) is 12.0 Å². The Morgan fingerprint density at radius 2 is 2.00 bits per heavy atom. The molecule has 0 atom stereocenters. The predicted molar refractivity (Wildman–Crippen MR) is 66.2 cm³/mol. The molecule has 0 fully saturated rings. The smallest absolute Gasteiger partial charge is 0.410 e. The van der Waals surface area contributed by atoms with Gasteiger partial charge in [0.05, 0.1) is 5.84 Å². The van der Waals surface area contributed by atoms with Gasteiger partial charge >= 0.3 is 6.09 Å². The van der Waals surface area contributed by atoms with Crippen LogP contribution >= 0.6 is 0 Å². The molecule has 1 rings (SSSR count). The molecule has 0 aliphatic carbocycles. The van der Waals surface area contributed by atoms with Gasteiger partial charge < -0.3 is 15.8 Å². The summed E-state index contributed by atoms with van der Waals surface area (Å²) in [5.74, 6) is 0.503. The Morgan fingerprint density at radius 3 is 2.53 bits per heavy atom. The van der Waals surface area contributed by atoms with Crippen LogP contribution in [0, 0.1) is 10.8 Å². The first-order valence-electron chi connectivity index (χ1n) is 5.27. The molecule has 17 heavy (non-hydrogen) atoms. The number of amides is 1. The summed E-state index contributed by atoms with van der Waals surface area (Å²) in [4.78, 5) is 11.4. The van der Waals surface area contributed by atoms with E-state index < -0.39 is 11.5 Å². The van der Waals surface area contributed by atoms with Crippen molar-refractivity contribution < 1.29 is 9.53 Å². The van der Waals surface area contributed by atoms with Gasteiger partial charge in [-0.1, -0.05) is 32.0 Å². The maximum Gasteiger partial charge on any atom is 0.412 e. The van der Waals surface area contributed by atoms with E-state index in [2.05, 4.69) is 5.32 Å². The molecule has 4 N–H and O–H groups in total. The van der Waals surface area contributed by atoms with Gasteiger partial charge in [0.1, 0.15) is 5.75 Å². The van der Waals surface area contributed by atoms with Crippen LogP contribution in [0.15, 0.2) is 30.3 Å². The van der Waals surface area contributed by atoms with E-state index in [-0.39, 0.29) is 12.4 Å². The lowest BCUT2D eigenvalue weighted by atomic mass is 9.92. The van der Waals surface area contributed by atoms with E-state index in [1.807, 2.05) is 6.07 Å². The Morgan fingerprint density at radius 1 is 1.41 bits per heavy atom. The van der Waals surface area contributed by atoms with Crippen molar-refractivity contribution in [1.29, 1.82) is 5.41 Å². The summed E-state index contributed by atoms with van der Waals surface area (Å²) in [7, 11) is 0. The number of carbonyl (C=O) groups is 1. The maximum atomic E-state index is 11.4. The molecule has 0 aliphatic rings.